The smallest absolute Gasteiger partial charge is 0.156 e. The Hall–Kier alpha value is -2.95. The van der Waals surface area contributed by atoms with Crippen molar-refractivity contribution in [2.45, 2.75) is 6.92 Å². The molecule has 3 aromatic heterocycles. The molecule has 0 atom stereocenters. The third-order valence-corrected chi connectivity index (χ3v) is 3.44. The Labute approximate surface area is 121 Å². The zero-order valence-corrected chi connectivity index (χ0v) is 11.5. The average molecular weight is 275 g/mol. The summed E-state index contributed by atoms with van der Waals surface area (Å²) in [6.07, 6.45) is 3.64. The number of nitrogens with zero attached hydrogens (tertiary/aromatic N) is 3. The van der Waals surface area contributed by atoms with Gasteiger partial charge < -0.3 is 4.98 Å². The van der Waals surface area contributed by atoms with Crippen molar-refractivity contribution in [3.63, 3.8) is 0 Å². The van der Waals surface area contributed by atoms with E-state index in [2.05, 4.69) is 32.3 Å². The molecule has 0 amide bonds. The van der Waals surface area contributed by atoms with Crippen LogP contribution < -0.4 is 0 Å². The molecule has 0 saturated heterocycles. The van der Waals surface area contributed by atoms with Gasteiger partial charge in [-0.25, -0.2) is 4.98 Å². The summed E-state index contributed by atoms with van der Waals surface area (Å²) in [5, 5.41) is 7.12. The molecule has 21 heavy (non-hydrogen) atoms. The van der Waals surface area contributed by atoms with Crippen molar-refractivity contribution >= 4 is 11.0 Å². The van der Waals surface area contributed by atoms with Gasteiger partial charge in [0.15, 0.2) is 5.82 Å². The maximum Gasteiger partial charge on any atom is 0.156 e. The van der Waals surface area contributed by atoms with E-state index in [4.69, 9.17) is 4.98 Å². The van der Waals surface area contributed by atoms with E-state index in [9.17, 15) is 0 Å². The molecule has 3 heterocycles. The summed E-state index contributed by atoms with van der Waals surface area (Å²) in [7, 11) is 0. The van der Waals surface area contributed by atoms with Gasteiger partial charge in [0, 0.05) is 11.8 Å². The fourth-order valence-corrected chi connectivity index (χ4v) is 2.43. The van der Waals surface area contributed by atoms with Gasteiger partial charge in [-0.1, -0.05) is 30.3 Å². The second kappa shape index (κ2) is 4.56. The van der Waals surface area contributed by atoms with Crippen LogP contribution in [0.1, 0.15) is 5.69 Å². The van der Waals surface area contributed by atoms with Crippen LogP contribution in [0.4, 0.5) is 0 Å². The summed E-state index contributed by atoms with van der Waals surface area (Å²) < 4.78 is 0. The van der Waals surface area contributed by atoms with Crippen molar-refractivity contribution in [2.75, 3.05) is 0 Å². The van der Waals surface area contributed by atoms with Crippen LogP contribution in [0, 0.1) is 6.92 Å². The molecule has 5 nitrogen and oxygen atoms in total. The lowest BCUT2D eigenvalue weighted by molar-refractivity contribution is 1.04. The number of pyridine rings is 1. The number of aromatic amines is 2. The minimum absolute atomic E-state index is 0.774. The Balaban J connectivity index is 1.92. The topological polar surface area (TPSA) is 70.2 Å². The molecular formula is C16H13N5. The second-order valence-corrected chi connectivity index (χ2v) is 4.96. The lowest BCUT2D eigenvalue weighted by atomic mass is 10.1. The average Bonchev–Trinajstić information content (AvgIpc) is 3.13. The van der Waals surface area contributed by atoms with Gasteiger partial charge in [0.05, 0.1) is 22.9 Å². The number of hydrogen-bond donors (Lipinski definition) is 2. The van der Waals surface area contributed by atoms with Crippen LogP contribution in [0.5, 0.6) is 0 Å². The summed E-state index contributed by atoms with van der Waals surface area (Å²) >= 11 is 0. The molecule has 4 rings (SSSR count). The first-order chi connectivity index (χ1) is 10.3. The summed E-state index contributed by atoms with van der Waals surface area (Å²) in [5.74, 6) is 0.774. The molecular weight excluding hydrogens is 262 g/mol. The lowest BCUT2D eigenvalue weighted by Gasteiger charge is -2.00. The molecule has 0 spiro atoms. The van der Waals surface area contributed by atoms with Gasteiger partial charge >= 0.3 is 0 Å². The number of hydrogen-bond acceptors (Lipinski definition) is 3. The van der Waals surface area contributed by atoms with Gasteiger partial charge in [0.1, 0.15) is 5.69 Å². The van der Waals surface area contributed by atoms with E-state index in [-0.39, 0.29) is 0 Å². The zero-order chi connectivity index (χ0) is 14.2. The molecule has 0 aliphatic rings. The van der Waals surface area contributed by atoms with Crippen molar-refractivity contribution in [1.29, 1.82) is 0 Å². The number of benzene rings is 1. The van der Waals surface area contributed by atoms with Crippen LogP contribution in [0.25, 0.3) is 33.7 Å². The maximum atomic E-state index is 4.71. The van der Waals surface area contributed by atoms with Crippen LogP contribution in [0.2, 0.25) is 0 Å². The molecule has 0 unspecified atom stereocenters. The van der Waals surface area contributed by atoms with E-state index in [1.165, 1.54) is 0 Å². The zero-order valence-electron chi connectivity index (χ0n) is 11.5. The normalized spacial score (nSPS) is 11.1. The highest BCUT2D eigenvalue weighted by Gasteiger charge is 2.11. The molecule has 0 aliphatic carbocycles. The molecule has 0 bridgehead atoms. The van der Waals surface area contributed by atoms with Gasteiger partial charge in [0.2, 0.25) is 0 Å². The molecule has 4 aromatic rings. The second-order valence-electron chi connectivity index (χ2n) is 4.96. The van der Waals surface area contributed by atoms with Gasteiger partial charge in [-0.15, -0.1) is 0 Å². The fraction of sp³-hybridized carbons (Fsp3) is 0.0625. The van der Waals surface area contributed by atoms with E-state index in [0.29, 0.717) is 0 Å². The molecule has 5 heteroatoms. The van der Waals surface area contributed by atoms with Crippen LogP contribution in [-0.2, 0) is 0 Å². The maximum absolute atomic E-state index is 4.71. The summed E-state index contributed by atoms with van der Waals surface area (Å²) in [6.45, 7) is 1.94. The van der Waals surface area contributed by atoms with Crippen molar-refractivity contribution in [3.8, 4) is 22.6 Å². The Bertz CT molecular complexity index is 905. The third-order valence-electron chi connectivity index (χ3n) is 3.44. The number of fused-ring (bicyclic) bond motifs is 1. The number of rotatable bonds is 2. The van der Waals surface area contributed by atoms with Gasteiger partial charge in [-0.05, 0) is 18.6 Å². The lowest BCUT2D eigenvalue weighted by Crippen LogP contribution is -1.82. The van der Waals surface area contributed by atoms with E-state index in [1.807, 2.05) is 37.4 Å². The van der Waals surface area contributed by atoms with Crippen LogP contribution >= 0.6 is 0 Å². The highest BCUT2D eigenvalue weighted by molar-refractivity contribution is 5.92. The Kier molecular flexibility index (Phi) is 2.57. The fourth-order valence-electron chi connectivity index (χ4n) is 2.43. The third kappa shape index (κ3) is 1.99. The predicted octanol–water partition coefficient (Wildman–Crippen LogP) is 3.32. The molecule has 0 fully saturated rings. The van der Waals surface area contributed by atoms with E-state index in [0.717, 1.165) is 39.4 Å². The number of aryl methyl sites for hydroxylation is 1. The van der Waals surface area contributed by atoms with Crippen molar-refractivity contribution < 1.29 is 0 Å². The molecule has 0 aliphatic heterocycles. The van der Waals surface area contributed by atoms with Crippen molar-refractivity contribution in [3.05, 3.63) is 54.5 Å². The molecule has 0 radical (unpaired) electrons. The van der Waals surface area contributed by atoms with Crippen molar-refractivity contribution in [2.24, 2.45) is 0 Å². The first-order valence-corrected chi connectivity index (χ1v) is 6.73. The summed E-state index contributed by atoms with van der Waals surface area (Å²) in [5.41, 5.74) is 5.77. The van der Waals surface area contributed by atoms with Crippen LogP contribution in [0.3, 0.4) is 0 Å². The van der Waals surface area contributed by atoms with Crippen LogP contribution in [-0.4, -0.2) is 25.1 Å². The van der Waals surface area contributed by atoms with Crippen molar-refractivity contribution in [1.82, 2.24) is 25.1 Å². The molecule has 2 N–H and O–H groups in total. The number of H-pyrrole nitrogens is 2. The highest BCUT2D eigenvalue weighted by atomic mass is 15.1. The molecule has 102 valence electrons. The van der Waals surface area contributed by atoms with E-state index in [1.54, 1.807) is 6.20 Å². The number of nitrogens with one attached hydrogen (secondary N) is 2. The van der Waals surface area contributed by atoms with E-state index < -0.39 is 0 Å². The number of imidazole rings is 1. The quantitative estimate of drug-likeness (QED) is 0.589. The SMILES string of the molecule is Cc1cc(-c2nc3c(-c4ccccc4)cncc3[nH]2)[nH]n1. The first kappa shape index (κ1) is 11.8. The highest BCUT2D eigenvalue weighted by Crippen LogP contribution is 2.28. The summed E-state index contributed by atoms with van der Waals surface area (Å²) in [6, 6.07) is 12.1. The summed E-state index contributed by atoms with van der Waals surface area (Å²) in [4.78, 5) is 12.3. The van der Waals surface area contributed by atoms with Gasteiger partial charge in [-0.2, -0.15) is 5.10 Å². The minimum atomic E-state index is 0.774. The largest absolute Gasteiger partial charge is 0.335 e. The minimum Gasteiger partial charge on any atom is -0.335 e. The Morgan fingerprint density at radius 2 is 1.90 bits per heavy atom. The molecule has 0 saturated carbocycles. The number of aromatic nitrogens is 5. The Morgan fingerprint density at radius 1 is 1.05 bits per heavy atom. The van der Waals surface area contributed by atoms with E-state index >= 15 is 0 Å². The molecule has 1 aromatic carbocycles. The first-order valence-electron chi connectivity index (χ1n) is 6.73. The van der Waals surface area contributed by atoms with Gasteiger partial charge in [0.25, 0.3) is 0 Å². The van der Waals surface area contributed by atoms with Crippen LogP contribution in [0.15, 0.2) is 48.8 Å². The standard InChI is InChI=1S/C16H13N5/c1-10-7-13(21-20-10)16-18-14-9-17-8-12(15(14)19-16)11-5-3-2-4-6-11/h2-9H,1H3,(H,18,19)(H,20,21). The Morgan fingerprint density at radius 3 is 2.67 bits per heavy atom. The van der Waals surface area contributed by atoms with Gasteiger partial charge in [-0.3, -0.25) is 10.1 Å². The monoisotopic (exact) mass is 275 g/mol. The predicted molar refractivity (Wildman–Crippen MR) is 81.6 cm³/mol.